The van der Waals surface area contributed by atoms with Gasteiger partial charge in [0.2, 0.25) is 0 Å². The van der Waals surface area contributed by atoms with Gasteiger partial charge in [-0.3, -0.25) is 0 Å². The number of hydrogen-bond acceptors (Lipinski definition) is 3. The third-order valence-electron chi connectivity index (χ3n) is 2.22. The van der Waals surface area contributed by atoms with Crippen LogP contribution in [0.4, 0.5) is 0 Å². The molecule has 0 atom stereocenters. The van der Waals surface area contributed by atoms with Crippen molar-refractivity contribution in [2.24, 2.45) is 0 Å². The zero-order valence-electron chi connectivity index (χ0n) is 8.87. The molecule has 0 aromatic carbocycles. The van der Waals surface area contributed by atoms with Crippen molar-refractivity contribution in [3.05, 3.63) is 17.0 Å². The molecule has 0 radical (unpaired) electrons. The summed E-state index contributed by atoms with van der Waals surface area (Å²) in [6.07, 6.45) is -0.0811. The van der Waals surface area contributed by atoms with Gasteiger partial charge in [-0.15, -0.1) is 0 Å². The topological polar surface area (TPSA) is 18.5 Å². The van der Waals surface area contributed by atoms with Crippen molar-refractivity contribution >= 4 is 32.6 Å². The van der Waals surface area contributed by atoms with E-state index in [0.717, 1.165) is 13.2 Å². The Morgan fingerprint density at radius 1 is 1.21 bits per heavy atom. The molecular weight excluding hydrogens is 303 g/mol. The van der Waals surface area contributed by atoms with Crippen molar-refractivity contribution < 1.29 is 9.47 Å². The Hall–Kier alpha value is 0.419. The van der Waals surface area contributed by atoms with Gasteiger partial charge in [-0.25, -0.2) is 0 Å². The molecule has 2 nitrogen and oxygen atoms in total. The summed E-state index contributed by atoms with van der Waals surface area (Å²) in [5.74, 6) is 0. The summed E-state index contributed by atoms with van der Waals surface area (Å²) >= 11 is 0.0179. The van der Waals surface area contributed by atoms with E-state index in [1.54, 1.807) is 2.89 Å². The van der Waals surface area contributed by atoms with Crippen molar-refractivity contribution in [2.75, 3.05) is 13.2 Å². The van der Waals surface area contributed by atoms with Crippen LogP contribution in [0.3, 0.4) is 0 Å². The Morgan fingerprint density at radius 2 is 1.86 bits per heavy atom. The molecule has 1 aromatic rings. The molecule has 1 aromatic heterocycles. The van der Waals surface area contributed by atoms with Gasteiger partial charge in [0, 0.05) is 0 Å². The van der Waals surface area contributed by atoms with E-state index < -0.39 is 18.4 Å². The standard InChI is InChI=1S/C7H7O2S.3CH3.Sn/c1-2-6(10-5-1)7-8-3-4-9-7;;;;/h1-2,7H,3-4H2;3*1H3;. The van der Waals surface area contributed by atoms with E-state index in [1.807, 2.05) is 11.3 Å². The first-order chi connectivity index (χ1) is 6.57. The van der Waals surface area contributed by atoms with E-state index in [2.05, 4.69) is 27.0 Å². The zero-order valence-corrected chi connectivity index (χ0v) is 12.5. The average molecular weight is 319 g/mol. The molecule has 0 bridgehead atoms. The molecule has 0 N–H and O–H groups in total. The molecular formula is C10H16O2SSn. The third kappa shape index (κ3) is 2.32. The van der Waals surface area contributed by atoms with Crippen molar-refractivity contribution in [1.29, 1.82) is 0 Å². The molecule has 1 aliphatic heterocycles. The van der Waals surface area contributed by atoms with Crippen LogP contribution in [0.5, 0.6) is 0 Å². The minimum absolute atomic E-state index is 0.0811. The minimum atomic E-state index is -1.86. The second kappa shape index (κ2) is 4.12. The normalized spacial score (nSPS) is 19.1. The SMILES string of the molecule is [CH3][Sn]([CH3])([CH3])[c]1ccc(C2OCCO2)s1. The fourth-order valence-corrected chi connectivity index (χ4v) is 7.77. The van der Waals surface area contributed by atoms with Gasteiger partial charge in [-0.05, 0) is 0 Å². The van der Waals surface area contributed by atoms with Crippen LogP contribution in [0, 0.1) is 0 Å². The van der Waals surface area contributed by atoms with Crippen molar-refractivity contribution in [3.63, 3.8) is 0 Å². The van der Waals surface area contributed by atoms with Gasteiger partial charge in [-0.2, -0.15) is 0 Å². The molecule has 78 valence electrons. The fraction of sp³-hybridized carbons (Fsp3) is 0.600. The van der Waals surface area contributed by atoms with Crippen LogP contribution >= 0.6 is 11.3 Å². The Morgan fingerprint density at radius 3 is 2.36 bits per heavy atom. The molecule has 0 unspecified atom stereocenters. The molecule has 2 rings (SSSR count). The predicted octanol–water partition coefficient (Wildman–Crippen LogP) is 2.34. The summed E-state index contributed by atoms with van der Waals surface area (Å²) in [4.78, 5) is 8.53. The van der Waals surface area contributed by atoms with E-state index >= 15 is 0 Å². The molecule has 1 aliphatic rings. The Kier molecular flexibility index (Phi) is 3.21. The van der Waals surface area contributed by atoms with Crippen molar-refractivity contribution in [3.8, 4) is 0 Å². The van der Waals surface area contributed by atoms with Gasteiger partial charge in [0.05, 0.1) is 0 Å². The summed E-state index contributed by atoms with van der Waals surface area (Å²) in [7, 11) is 0. The van der Waals surface area contributed by atoms with Crippen LogP contribution in [0.1, 0.15) is 11.2 Å². The molecule has 14 heavy (non-hydrogen) atoms. The first-order valence-corrected chi connectivity index (χ1v) is 15.7. The fourth-order valence-electron chi connectivity index (χ4n) is 1.41. The van der Waals surface area contributed by atoms with Crippen LogP contribution in [0.25, 0.3) is 0 Å². The summed E-state index contributed by atoms with van der Waals surface area (Å²) in [6, 6.07) is 4.43. The first kappa shape index (κ1) is 10.9. The van der Waals surface area contributed by atoms with Crippen LogP contribution in [-0.4, -0.2) is 31.6 Å². The van der Waals surface area contributed by atoms with Crippen LogP contribution in [0.15, 0.2) is 12.1 Å². The summed E-state index contributed by atoms with van der Waals surface area (Å²) in [6.45, 7) is 1.47. The number of rotatable bonds is 2. The molecule has 1 saturated heterocycles. The summed E-state index contributed by atoms with van der Waals surface area (Å²) in [5.41, 5.74) is 0. The Balaban J connectivity index is 2.17. The van der Waals surface area contributed by atoms with E-state index in [9.17, 15) is 0 Å². The van der Waals surface area contributed by atoms with Crippen molar-refractivity contribution in [2.45, 2.75) is 21.1 Å². The third-order valence-corrected chi connectivity index (χ3v) is 12.8. The van der Waals surface area contributed by atoms with Crippen LogP contribution in [0.2, 0.25) is 14.8 Å². The predicted molar refractivity (Wildman–Crippen MR) is 61.9 cm³/mol. The first-order valence-electron chi connectivity index (χ1n) is 4.91. The number of hydrogen-bond donors (Lipinski definition) is 0. The zero-order chi connectivity index (χ0) is 10.2. The molecule has 0 amide bonds. The molecule has 0 spiro atoms. The van der Waals surface area contributed by atoms with Crippen LogP contribution < -0.4 is 2.89 Å². The van der Waals surface area contributed by atoms with E-state index in [1.165, 1.54) is 4.88 Å². The monoisotopic (exact) mass is 320 g/mol. The van der Waals surface area contributed by atoms with Gasteiger partial charge < -0.3 is 0 Å². The Labute approximate surface area is 93.1 Å². The summed E-state index contributed by atoms with van der Waals surface area (Å²) in [5, 5.41) is 0. The van der Waals surface area contributed by atoms with Crippen molar-refractivity contribution in [1.82, 2.24) is 0 Å². The molecule has 0 aliphatic carbocycles. The molecule has 2 heterocycles. The van der Waals surface area contributed by atoms with Crippen LogP contribution in [-0.2, 0) is 9.47 Å². The second-order valence-corrected chi connectivity index (χ2v) is 21.1. The van der Waals surface area contributed by atoms with Gasteiger partial charge in [0.1, 0.15) is 0 Å². The summed E-state index contributed by atoms with van der Waals surface area (Å²) < 4.78 is 12.5. The van der Waals surface area contributed by atoms with Gasteiger partial charge in [-0.1, -0.05) is 0 Å². The quantitative estimate of drug-likeness (QED) is 0.779. The number of thiophene rings is 1. The molecule has 4 heteroatoms. The van der Waals surface area contributed by atoms with E-state index in [-0.39, 0.29) is 6.29 Å². The maximum atomic E-state index is 5.48. The van der Waals surface area contributed by atoms with E-state index in [0.29, 0.717) is 0 Å². The second-order valence-electron chi connectivity index (χ2n) is 4.53. The number of ether oxygens (including phenoxy) is 2. The van der Waals surface area contributed by atoms with Gasteiger partial charge in [0.15, 0.2) is 0 Å². The average Bonchev–Trinajstić information content (AvgIpc) is 2.73. The van der Waals surface area contributed by atoms with Gasteiger partial charge >= 0.3 is 93.4 Å². The molecule has 1 fully saturated rings. The van der Waals surface area contributed by atoms with Gasteiger partial charge in [0.25, 0.3) is 0 Å². The Bertz CT molecular complexity index is 310. The van der Waals surface area contributed by atoms with E-state index in [4.69, 9.17) is 9.47 Å². The maximum absolute atomic E-state index is 5.48. The molecule has 0 saturated carbocycles.